The van der Waals surface area contributed by atoms with E-state index in [-0.39, 0.29) is 6.04 Å². The molecule has 0 radical (unpaired) electrons. The van der Waals surface area contributed by atoms with Gasteiger partial charge in [-0.3, -0.25) is 0 Å². The normalized spacial score (nSPS) is 14.0. The quantitative estimate of drug-likeness (QED) is 0.859. The third-order valence-electron chi connectivity index (χ3n) is 3.25. The van der Waals surface area contributed by atoms with Gasteiger partial charge in [0, 0.05) is 28.2 Å². The molecule has 2 N–H and O–H groups in total. The summed E-state index contributed by atoms with van der Waals surface area (Å²) in [5, 5.41) is 14.8. The van der Waals surface area contributed by atoms with E-state index in [4.69, 9.17) is 23.2 Å². The molecule has 0 amide bonds. The van der Waals surface area contributed by atoms with Gasteiger partial charge in [-0.05, 0) is 24.6 Å². The van der Waals surface area contributed by atoms with E-state index in [1.54, 1.807) is 6.07 Å². The zero-order valence-electron chi connectivity index (χ0n) is 11.2. The predicted molar refractivity (Wildman–Crippen MR) is 84.3 cm³/mol. The van der Waals surface area contributed by atoms with Gasteiger partial charge in [0.1, 0.15) is 0 Å². The fourth-order valence-corrected chi connectivity index (χ4v) is 2.64. The molecule has 106 valence electrons. The van der Waals surface area contributed by atoms with Gasteiger partial charge in [0.05, 0.1) is 6.10 Å². The first-order chi connectivity index (χ1) is 9.59. The molecule has 0 bridgehead atoms. The van der Waals surface area contributed by atoms with E-state index >= 15 is 0 Å². The van der Waals surface area contributed by atoms with Crippen molar-refractivity contribution in [2.75, 3.05) is 6.54 Å². The molecule has 0 fully saturated rings. The fourth-order valence-electron chi connectivity index (χ4n) is 2.08. The summed E-state index contributed by atoms with van der Waals surface area (Å²) in [6.45, 7) is 2.43. The van der Waals surface area contributed by atoms with Crippen LogP contribution in [0.2, 0.25) is 10.0 Å². The lowest BCUT2D eigenvalue weighted by Crippen LogP contribution is -2.25. The summed E-state index contributed by atoms with van der Waals surface area (Å²) < 4.78 is 0. The Morgan fingerprint density at radius 2 is 1.45 bits per heavy atom. The molecule has 2 atom stereocenters. The van der Waals surface area contributed by atoms with Gasteiger partial charge in [-0.1, -0.05) is 59.6 Å². The van der Waals surface area contributed by atoms with Crippen molar-refractivity contribution in [2.24, 2.45) is 0 Å². The fraction of sp³-hybridized carbons (Fsp3) is 0.250. The van der Waals surface area contributed by atoms with Crippen molar-refractivity contribution in [2.45, 2.75) is 19.1 Å². The Morgan fingerprint density at radius 1 is 0.950 bits per heavy atom. The van der Waals surface area contributed by atoms with Crippen LogP contribution in [-0.2, 0) is 0 Å². The molecule has 0 spiro atoms. The van der Waals surface area contributed by atoms with Gasteiger partial charge < -0.3 is 10.4 Å². The Balaban J connectivity index is 1.99. The lowest BCUT2D eigenvalue weighted by atomic mass is 10.1. The Labute approximate surface area is 129 Å². The van der Waals surface area contributed by atoms with Crippen molar-refractivity contribution in [3.63, 3.8) is 0 Å². The summed E-state index contributed by atoms with van der Waals surface area (Å²) in [5.74, 6) is 0. The van der Waals surface area contributed by atoms with Gasteiger partial charge in [0.25, 0.3) is 0 Å². The highest BCUT2D eigenvalue weighted by atomic mass is 35.5. The first-order valence-corrected chi connectivity index (χ1v) is 7.25. The average Bonchev–Trinajstić information content (AvgIpc) is 2.45. The molecule has 0 saturated carbocycles. The number of rotatable bonds is 5. The van der Waals surface area contributed by atoms with Crippen LogP contribution in [-0.4, -0.2) is 11.7 Å². The monoisotopic (exact) mass is 309 g/mol. The van der Waals surface area contributed by atoms with Gasteiger partial charge in [-0.25, -0.2) is 0 Å². The van der Waals surface area contributed by atoms with Gasteiger partial charge in [0.15, 0.2) is 0 Å². The number of nitrogens with one attached hydrogen (secondary N) is 1. The summed E-state index contributed by atoms with van der Waals surface area (Å²) >= 11 is 12.2. The molecule has 4 heteroatoms. The molecule has 0 saturated heterocycles. The molecule has 0 aromatic heterocycles. The zero-order chi connectivity index (χ0) is 14.5. The number of hydrogen-bond donors (Lipinski definition) is 2. The van der Waals surface area contributed by atoms with Gasteiger partial charge in [-0.15, -0.1) is 0 Å². The van der Waals surface area contributed by atoms with Crippen LogP contribution in [0.1, 0.15) is 30.2 Å². The number of benzene rings is 2. The maximum Gasteiger partial charge on any atom is 0.0928 e. The van der Waals surface area contributed by atoms with E-state index in [9.17, 15) is 5.11 Å². The second-order valence-electron chi connectivity index (χ2n) is 4.69. The second-order valence-corrected chi connectivity index (χ2v) is 5.50. The maximum absolute atomic E-state index is 10.2. The number of hydrogen-bond acceptors (Lipinski definition) is 2. The highest BCUT2D eigenvalue weighted by Crippen LogP contribution is 2.25. The molecule has 2 aromatic rings. The van der Waals surface area contributed by atoms with E-state index in [1.807, 2.05) is 49.4 Å². The van der Waals surface area contributed by atoms with Crippen LogP contribution in [0.4, 0.5) is 0 Å². The third-order valence-corrected chi connectivity index (χ3v) is 3.94. The molecule has 0 aliphatic carbocycles. The van der Waals surface area contributed by atoms with Gasteiger partial charge in [0.2, 0.25) is 0 Å². The molecule has 2 nitrogen and oxygen atoms in total. The topological polar surface area (TPSA) is 32.3 Å². The molecule has 2 rings (SSSR count). The Kier molecular flexibility index (Phi) is 5.44. The van der Waals surface area contributed by atoms with Crippen molar-refractivity contribution >= 4 is 23.2 Å². The van der Waals surface area contributed by atoms with Gasteiger partial charge in [-0.2, -0.15) is 0 Å². The Morgan fingerprint density at radius 3 is 2.00 bits per heavy atom. The molecule has 2 unspecified atom stereocenters. The molecule has 20 heavy (non-hydrogen) atoms. The molecule has 0 heterocycles. The largest absolute Gasteiger partial charge is 0.387 e. The molecule has 2 aromatic carbocycles. The van der Waals surface area contributed by atoms with Crippen LogP contribution < -0.4 is 5.32 Å². The summed E-state index contributed by atoms with van der Waals surface area (Å²) in [6.07, 6.45) is -0.645. The van der Waals surface area contributed by atoms with E-state index in [0.717, 1.165) is 16.1 Å². The second kappa shape index (κ2) is 7.09. The molecular formula is C16H17Cl2NO. The first kappa shape index (κ1) is 15.3. The Bertz CT molecular complexity index is 522. The van der Waals surface area contributed by atoms with Gasteiger partial charge >= 0.3 is 0 Å². The van der Waals surface area contributed by atoms with Crippen molar-refractivity contribution in [1.29, 1.82) is 0 Å². The highest BCUT2D eigenvalue weighted by molar-refractivity contribution is 6.31. The molecule has 0 aliphatic heterocycles. The van der Waals surface area contributed by atoms with E-state index in [0.29, 0.717) is 11.6 Å². The standard InChI is InChI=1S/C16H17Cl2NO/c1-11(12-6-2-4-8-14(12)17)19-10-16(20)13-7-3-5-9-15(13)18/h2-9,11,16,19-20H,10H2,1H3. The average molecular weight is 310 g/mol. The maximum atomic E-state index is 10.2. The van der Waals surface area contributed by atoms with Crippen LogP contribution >= 0.6 is 23.2 Å². The summed E-state index contributed by atoms with van der Waals surface area (Å²) in [6, 6.07) is 15.1. The molecular weight excluding hydrogens is 293 g/mol. The van der Waals surface area contributed by atoms with E-state index < -0.39 is 6.10 Å². The number of aliphatic hydroxyl groups is 1. The SMILES string of the molecule is CC(NCC(O)c1ccccc1Cl)c1ccccc1Cl. The summed E-state index contributed by atoms with van der Waals surface area (Å²) in [7, 11) is 0. The Hall–Kier alpha value is -1.06. The zero-order valence-corrected chi connectivity index (χ0v) is 12.7. The third kappa shape index (κ3) is 3.74. The number of halogens is 2. The minimum absolute atomic E-state index is 0.0563. The van der Waals surface area contributed by atoms with Crippen LogP contribution in [0, 0.1) is 0 Å². The van der Waals surface area contributed by atoms with Crippen molar-refractivity contribution in [3.05, 3.63) is 69.7 Å². The molecule has 0 aliphatic rings. The minimum Gasteiger partial charge on any atom is -0.387 e. The van der Waals surface area contributed by atoms with Crippen molar-refractivity contribution < 1.29 is 5.11 Å². The minimum atomic E-state index is -0.645. The van der Waals surface area contributed by atoms with Crippen molar-refractivity contribution in [3.8, 4) is 0 Å². The first-order valence-electron chi connectivity index (χ1n) is 6.50. The highest BCUT2D eigenvalue weighted by Gasteiger charge is 2.14. The van der Waals surface area contributed by atoms with E-state index in [2.05, 4.69) is 5.32 Å². The van der Waals surface area contributed by atoms with Crippen LogP contribution in [0.3, 0.4) is 0 Å². The van der Waals surface area contributed by atoms with Crippen LogP contribution in [0.5, 0.6) is 0 Å². The van der Waals surface area contributed by atoms with Crippen molar-refractivity contribution in [1.82, 2.24) is 5.32 Å². The van der Waals surface area contributed by atoms with E-state index in [1.165, 1.54) is 0 Å². The lowest BCUT2D eigenvalue weighted by Gasteiger charge is -2.19. The smallest absolute Gasteiger partial charge is 0.0928 e. The predicted octanol–water partition coefficient (Wildman–Crippen LogP) is 4.38. The number of aliphatic hydroxyl groups excluding tert-OH is 1. The van der Waals surface area contributed by atoms with Crippen LogP contribution in [0.15, 0.2) is 48.5 Å². The summed E-state index contributed by atoms with van der Waals surface area (Å²) in [4.78, 5) is 0. The van der Waals surface area contributed by atoms with Crippen LogP contribution in [0.25, 0.3) is 0 Å². The lowest BCUT2D eigenvalue weighted by molar-refractivity contribution is 0.171. The summed E-state index contributed by atoms with van der Waals surface area (Å²) in [5.41, 5.74) is 1.74.